The summed E-state index contributed by atoms with van der Waals surface area (Å²) in [5.74, 6) is 0.353. The number of hydrogen-bond acceptors (Lipinski definition) is 4. The van der Waals surface area contributed by atoms with Crippen LogP contribution in [-0.2, 0) is 11.3 Å². The Morgan fingerprint density at radius 1 is 1.19 bits per heavy atom. The number of benzene rings is 1. The number of aromatic nitrogens is 2. The molecule has 0 atom stereocenters. The fraction of sp³-hybridized carbons (Fsp3) is 0.476. The number of piperidine rings is 1. The number of hydrogen-bond donors (Lipinski definition) is 0. The van der Waals surface area contributed by atoms with Crippen LogP contribution >= 0.6 is 0 Å². The lowest BCUT2D eigenvalue weighted by Crippen LogP contribution is -2.42. The van der Waals surface area contributed by atoms with Gasteiger partial charge in [0.1, 0.15) is 5.60 Å². The molecule has 1 amide bonds. The molecule has 6 nitrogen and oxygen atoms in total. The molecule has 144 valence electrons. The first-order valence-electron chi connectivity index (χ1n) is 9.42. The van der Waals surface area contributed by atoms with E-state index in [0.29, 0.717) is 31.2 Å². The summed E-state index contributed by atoms with van der Waals surface area (Å²) < 4.78 is 7.09. The third-order valence-electron chi connectivity index (χ3n) is 4.67. The maximum atomic E-state index is 12.5. The van der Waals surface area contributed by atoms with Gasteiger partial charge in [-0.1, -0.05) is 30.3 Å². The molecule has 1 aromatic heterocycles. The highest BCUT2D eigenvalue weighted by atomic mass is 16.6. The summed E-state index contributed by atoms with van der Waals surface area (Å²) in [5, 5.41) is 0. The Labute approximate surface area is 159 Å². The van der Waals surface area contributed by atoms with Gasteiger partial charge < -0.3 is 9.64 Å². The topological polar surface area (TPSA) is 64.4 Å². The molecule has 0 saturated carbocycles. The monoisotopic (exact) mass is 369 g/mol. The number of carbonyl (C=O) groups is 1. The summed E-state index contributed by atoms with van der Waals surface area (Å²) in [4.78, 5) is 30.8. The standard InChI is InChI=1S/C21H27N3O3/c1-21(2,3)27-20(26)23-11-9-16(10-12-23)14-24-15-22-18(13-19(24)25)17-7-5-4-6-8-17/h4-8,13,15-16H,9-12,14H2,1-3H3. The molecule has 1 aliphatic heterocycles. The molecule has 1 fully saturated rings. The van der Waals surface area contributed by atoms with E-state index in [-0.39, 0.29) is 11.7 Å². The number of nitrogens with zero attached hydrogens (tertiary/aromatic N) is 3. The molecule has 2 aromatic rings. The van der Waals surface area contributed by atoms with Crippen LogP contribution in [0.2, 0.25) is 0 Å². The molecule has 0 aliphatic carbocycles. The molecule has 3 rings (SSSR count). The van der Waals surface area contributed by atoms with Gasteiger partial charge in [-0.3, -0.25) is 9.36 Å². The molecular formula is C21H27N3O3. The van der Waals surface area contributed by atoms with E-state index in [9.17, 15) is 9.59 Å². The van der Waals surface area contributed by atoms with Crippen molar-refractivity contribution in [2.24, 2.45) is 5.92 Å². The van der Waals surface area contributed by atoms with E-state index in [1.807, 2.05) is 51.1 Å². The first-order valence-corrected chi connectivity index (χ1v) is 9.42. The summed E-state index contributed by atoms with van der Waals surface area (Å²) in [5.41, 5.74) is 1.11. The minimum atomic E-state index is -0.479. The molecule has 1 saturated heterocycles. The van der Waals surface area contributed by atoms with E-state index in [1.54, 1.807) is 21.9 Å². The molecule has 0 unspecified atom stereocenters. The second-order valence-electron chi connectivity index (χ2n) is 8.04. The quantitative estimate of drug-likeness (QED) is 0.830. The predicted octanol–water partition coefficient (Wildman–Crippen LogP) is 3.56. The van der Waals surface area contributed by atoms with Crippen molar-refractivity contribution in [1.82, 2.24) is 14.5 Å². The van der Waals surface area contributed by atoms with Gasteiger partial charge in [0.15, 0.2) is 0 Å². The zero-order chi connectivity index (χ0) is 19.4. The van der Waals surface area contributed by atoms with Gasteiger partial charge in [0.2, 0.25) is 0 Å². The maximum absolute atomic E-state index is 12.5. The van der Waals surface area contributed by atoms with Crippen molar-refractivity contribution in [3.8, 4) is 11.3 Å². The first kappa shape index (κ1) is 19.1. The van der Waals surface area contributed by atoms with Crippen LogP contribution in [0.5, 0.6) is 0 Å². The number of carbonyl (C=O) groups excluding carboxylic acids is 1. The average molecular weight is 369 g/mol. The van der Waals surface area contributed by atoms with Gasteiger partial charge >= 0.3 is 6.09 Å². The average Bonchev–Trinajstić information content (AvgIpc) is 2.63. The van der Waals surface area contributed by atoms with Gasteiger partial charge in [-0.25, -0.2) is 9.78 Å². The third-order valence-corrected chi connectivity index (χ3v) is 4.67. The Morgan fingerprint density at radius 2 is 1.85 bits per heavy atom. The molecule has 27 heavy (non-hydrogen) atoms. The van der Waals surface area contributed by atoms with Gasteiger partial charge in [0.25, 0.3) is 5.56 Å². The second kappa shape index (κ2) is 7.94. The second-order valence-corrected chi connectivity index (χ2v) is 8.04. The number of rotatable bonds is 3. The van der Waals surface area contributed by atoms with Crippen molar-refractivity contribution in [1.29, 1.82) is 0 Å². The van der Waals surface area contributed by atoms with Crippen LogP contribution in [0.4, 0.5) is 4.79 Å². The summed E-state index contributed by atoms with van der Waals surface area (Å²) >= 11 is 0. The first-order chi connectivity index (χ1) is 12.8. The number of likely N-dealkylation sites (tertiary alicyclic amines) is 1. The normalized spacial score (nSPS) is 15.6. The minimum Gasteiger partial charge on any atom is -0.444 e. The van der Waals surface area contributed by atoms with Gasteiger partial charge in [-0.15, -0.1) is 0 Å². The molecule has 0 N–H and O–H groups in total. The molecular weight excluding hydrogens is 342 g/mol. The highest BCUT2D eigenvalue weighted by Crippen LogP contribution is 2.21. The molecule has 1 aliphatic rings. The fourth-order valence-electron chi connectivity index (χ4n) is 3.23. The lowest BCUT2D eigenvalue weighted by atomic mass is 9.97. The van der Waals surface area contributed by atoms with Crippen molar-refractivity contribution < 1.29 is 9.53 Å². The Balaban J connectivity index is 1.58. The van der Waals surface area contributed by atoms with Crippen molar-refractivity contribution in [3.05, 3.63) is 53.1 Å². The molecule has 0 radical (unpaired) electrons. The zero-order valence-corrected chi connectivity index (χ0v) is 16.2. The van der Waals surface area contributed by atoms with E-state index < -0.39 is 5.60 Å². The van der Waals surface area contributed by atoms with E-state index in [4.69, 9.17) is 4.74 Å². The number of amides is 1. The van der Waals surface area contributed by atoms with Crippen LogP contribution in [0.1, 0.15) is 33.6 Å². The van der Waals surface area contributed by atoms with Crippen LogP contribution in [0, 0.1) is 5.92 Å². The Hall–Kier alpha value is -2.63. The Bertz CT molecular complexity index is 832. The zero-order valence-electron chi connectivity index (χ0n) is 16.2. The lowest BCUT2D eigenvalue weighted by Gasteiger charge is -2.33. The summed E-state index contributed by atoms with van der Waals surface area (Å²) in [6.07, 6.45) is 3.08. The molecule has 2 heterocycles. The van der Waals surface area contributed by atoms with Crippen LogP contribution in [0.3, 0.4) is 0 Å². The van der Waals surface area contributed by atoms with Crippen LogP contribution < -0.4 is 5.56 Å². The van der Waals surface area contributed by atoms with E-state index in [2.05, 4.69) is 4.98 Å². The third kappa shape index (κ3) is 5.18. The van der Waals surface area contributed by atoms with E-state index in [1.165, 1.54) is 0 Å². The highest BCUT2D eigenvalue weighted by Gasteiger charge is 2.27. The lowest BCUT2D eigenvalue weighted by molar-refractivity contribution is 0.0178. The maximum Gasteiger partial charge on any atom is 0.410 e. The minimum absolute atomic E-state index is 0.0431. The van der Waals surface area contributed by atoms with Crippen molar-refractivity contribution in [2.45, 2.75) is 45.8 Å². The number of ether oxygens (including phenoxy) is 1. The molecule has 1 aromatic carbocycles. The van der Waals surface area contributed by atoms with Crippen molar-refractivity contribution in [2.75, 3.05) is 13.1 Å². The van der Waals surface area contributed by atoms with Crippen LogP contribution in [-0.4, -0.2) is 39.2 Å². The van der Waals surface area contributed by atoms with Gasteiger partial charge in [-0.2, -0.15) is 0 Å². The fourth-order valence-corrected chi connectivity index (χ4v) is 3.23. The van der Waals surface area contributed by atoms with E-state index in [0.717, 1.165) is 18.4 Å². The Kier molecular flexibility index (Phi) is 5.63. The molecule has 0 bridgehead atoms. The smallest absolute Gasteiger partial charge is 0.410 e. The van der Waals surface area contributed by atoms with Gasteiger partial charge in [0, 0.05) is 31.3 Å². The SMILES string of the molecule is CC(C)(C)OC(=O)N1CCC(Cn2cnc(-c3ccccc3)cc2=O)CC1. The summed E-state index contributed by atoms with van der Waals surface area (Å²) in [6.45, 7) is 7.55. The Morgan fingerprint density at radius 3 is 2.44 bits per heavy atom. The van der Waals surface area contributed by atoms with Crippen LogP contribution in [0.15, 0.2) is 47.5 Å². The molecule has 6 heteroatoms. The van der Waals surface area contributed by atoms with Crippen molar-refractivity contribution in [3.63, 3.8) is 0 Å². The largest absolute Gasteiger partial charge is 0.444 e. The van der Waals surface area contributed by atoms with E-state index >= 15 is 0 Å². The van der Waals surface area contributed by atoms with Gasteiger partial charge in [0.05, 0.1) is 12.0 Å². The van der Waals surface area contributed by atoms with Crippen molar-refractivity contribution >= 4 is 6.09 Å². The highest BCUT2D eigenvalue weighted by molar-refractivity contribution is 5.68. The van der Waals surface area contributed by atoms with Gasteiger partial charge in [-0.05, 0) is 39.5 Å². The summed E-state index contributed by atoms with van der Waals surface area (Å²) in [6, 6.07) is 11.3. The summed E-state index contributed by atoms with van der Waals surface area (Å²) in [7, 11) is 0. The van der Waals surface area contributed by atoms with Crippen LogP contribution in [0.25, 0.3) is 11.3 Å². The molecule has 0 spiro atoms. The predicted molar refractivity (Wildman–Crippen MR) is 104 cm³/mol.